The van der Waals surface area contributed by atoms with Crippen molar-refractivity contribution in [1.82, 2.24) is 0 Å². The smallest absolute Gasteiger partial charge is 0.0867 e. The molecule has 0 aromatic heterocycles. The van der Waals surface area contributed by atoms with E-state index in [1.54, 1.807) is 24.4 Å². The molecule has 0 heterocycles. The number of hydrogen-bond donors (Lipinski definition) is 0. The molecule has 2 heteroatoms. The average Bonchev–Trinajstić information content (AvgIpc) is 2.16. The van der Waals surface area contributed by atoms with Crippen LogP contribution in [0.3, 0.4) is 0 Å². The monoisotopic (exact) mass is 179 g/mol. The molecule has 0 spiro atoms. The molecule has 0 fully saturated rings. The Hall–Kier alpha value is -1.44. The molecule has 0 N–H and O–H groups in total. The second-order valence-electron chi connectivity index (χ2n) is 2.40. The van der Waals surface area contributed by atoms with Crippen molar-refractivity contribution in [3.8, 4) is 0 Å². The molecule has 0 aliphatic heterocycles. The number of nitrogens with zero attached hydrogens (tertiary/aromatic N) is 1. The van der Waals surface area contributed by atoms with Gasteiger partial charge in [0.2, 0.25) is 0 Å². The molecule has 1 atom stereocenters. The maximum Gasteiger partial charge on any atom is 0.0867 e. The van der Waals surface area contributed by atoms with E-state index in [-0.39, 0.29) is 6.04 Å². The molecule has 1 unspecified atom stereocenters. The topological polar surface area (TPSA) is 12.4 Å². The minimum absolute atomic E-state index is 0.0216. The lowest BCUT2D eigenvalue weighted by molar-refractivity contribution is 0.721. The Morgan fingerprint density at radius 2 is 2.15 bits per heavy atom. The van der Waals surface area contributed by atoms with E-state index in [9.17, 15) is 4.39 Å². The lowest BCUT2D eigenvalue weighted by Gasteiger charge is -2.05. The Balaban J connectivity index is 4.47. The maximum absolute atomic E-state index is 11.7. The third-order valence-corrected chi connectivity index (χ3v) is 1.49. The van der Waals surface area contributed by atoms with Crippen LogP contribution in [0.1, 0.15) is 6.92 Å². The first-order valence-electron chi connectivity index (χ1n) is 3.99. The van der Waals surface area contributed by atoms with E-state index in [4.69, 9.17) is 0 Å². The maximum atomic E-state index is 11.7. The molecule has 70 valence electrons. The first-order chi connectivity index (χ1) is 6.26. The minimum atomic E-state index is -0.0216. The Labute approximate surface area is 78.7 Å². The summed E-state index contributed by atoms with van der Waals surface area (Å²) >= 11 is 0. The molecule has 13 heavy (non-hydrogen) atoms. The van der Waals surface area contributed by atoms with Crippen LogP contribution in [-0.2, 0) is 0 Å². The summed E-state index contributed by atoms with van der Waals surface area (Å²) in [4.78, 5) is 4.13. The highest BCUT2D eigenvalue weighted by Gasteiger charge is 1.99. The zero-order valence-corrected chi connectivity index (χ0v) is 7.78. The van der Waals surface area contributed by atoms with Gasteiger partial charge in [0.1, 0.15) is 0 Å². The van der Waals surface area contributed by atoms with Crippen LogP contribution >= 0.6 is 0 Å². The van der Waals surface area contributed by atoms with Crippen molar-refractivity contribution in [3.05, 3.63) is 49.4 Å². The van der Waals surface area contributed by atoms with Crippen LogP contribution in [-0.4, -0.2) is 12.3 Å². The molecule has 0 rings (SSSR count). The van der Waals surface area contributed by atoms with Gasteiger partial charge >= 0.3 is 0 Å². The van der Waals surface area contributed by atoms with Crippen LogP contribution in [0.4, 0.5) is 4.39 Å². The van der Waals surface area contributed by atoms with Crippen molar-refractivity contribution in [2.24, 2.45) is 4.99 Å². The molecule has 0 bridgehead atoms. The summed E-state index contributed by atoms with van der Waals surface area (Å²) in [5, 5.41) is 0. The highest BCUT2D eigenvalue weighted by atomic mass is 19.1. The highest BCUT2D eigenvalue weighted by molar-refractivity contribution is 5.70. The van der Waals surface area contributed by atoms with Crippen molar-refractivity contribution in [2.45, 2.75) is 13.0 Å². The van der Waals surface area contributed by atoms with Crippen LogP contribution in [0, 0.1) is 0 Å². The zero-order valence-electron chi connectivity index (χ0n) is 7.78. The second kappa shape index (κ2) is 7.22. The van der Waals surface area contributed by atoms with Gasteiger partial charge in [-0.2, -0.15) is 0 Å². The third kappa shape index (κ3) is 4.90. The molecular weight excluding hydrogens is 165 g/mol. The van der Waals surface area contributed by atoms with Gasteiger partial charge in [0.05, 0.1) is 12.4 Å². The summed E-state index contributed by atoms with van der Waals surface area (Å²) < 4.78 is 11.7. The summed E-state index contributed by atoms with van der Waals surface area (Å²) in [6.07, 6.45) is 8.30. The first kappa shape index (κ1) is 11.6. The third-order valence-electron chi connectivity index (χ3n) is 1.49. The predicted molar refractivity (Wildman–Crippen MR) is 56.7 cm³/mol. The summed E-state index contributed by atoms with van der Waals surface area (Å²) in [5.41, 5.74) is 0.868. The van der Waals surface area contributed by atoms with Gasteiger partial charge < -0.3 is 0 Å². The van der Waals surface area contributed by atoms with Gasteiger partial charge in [0, 0.05) is 6.21 Å². The van der Waals surface area contributed by atoms with Gasteiger partial charge in [-0.15, -0.1) is 0 Å². The summed E-state index contributed by atoms with van der Waals surface area (Å²) in [6, 6.07) is -0.0216. The molecule has 0 aromatic rings. The number of rotatable bonds is 5. The van der Waals surface area contributed by atoms with E-state index in [1.807, 2.05) is 6.92 Å². The first-order valence-corrected chi connectivity index (χ1v) is 3.99. The number of hydrogen-bond acceptors (Lipinski definition) is 1. The molecule has 0 saturated carbocycles. The standard InChI is InChI=1S/C11H14FN/c1-4-9-13-10(3)11(5-2)7-6-8-12/h4-10H,1-2H2,3H3/b8-6+,11-7+,13-9?. The van der Waals surface area contributed by atoms with Gasteiger partial charge in [-0.25, -0.2) is 4.39 Å². The van der Waals surface area contributed by atoms with Crippen LogP contribution in [0.2, 0.25) is 0 Å². The Morgan fingerprint density at radius 3 is 2.62 bits per heavy atom. The molecule has 0 amide bonds. The molecule has 0 saturated heterocycles. The number of allylic oxidation sites excluding steroid dienone is 3. The van der Waals surface area contributed by atoms with Gasteiger partial charge in [0.15, 0.2) is 0 Å². The van der Waals surface area contributed by atoms with Crippen LogP contribution in [0.5, 0.6) is 0 Å². The zero-order chi connectivity index (χ0) is 10.1. The summed E-state index contributed by atoms with van der Waals surface area (Å²) in [7, 11) is 0. The van der Waals surface area contributed by atoms with Gasteiger partial charge in [-0.3, -0.25) is 4.99 Å². The SMILES string of the molecule is C=CC=NC(C)/C(C=C)=C/C=C/F. The molecule has 0 aliphatic rings. The fourth-order valence-corrected chi connectivity index (χ4v) is 0.801. The lowest BCUT2D eigenvalue weighted by Crippen LogP contribution is -2.00. The predicted octanol–water partition coefficient (Wildman–Crippen LogP) is 3.23. The second-order valence-corrected chi connectivity index (χ2v) is 2.40. The quantitative estimate of drug-likeness (QED) is 0.454. The van der Waals surface area contributed by atoms with Crippen molar-refractivity contribution < 1.29 is 4.39 Å². The Bertz CT molecular complexity index is 249. The highest BCUT2D eigenvalue weighted by Crippen LogP contribution is 2.07. The normalized spacial score (nSPS) is 15.1. The van der Waals surface area contributed by atoms with Crippen LogP contribution in [0.15, 0.2) is 54.4 Å². The van der Waals surface area contributed by atoms with Crippen LogP contribution < -0.4 is 0 Å². The minimum Gasteiger partial charge on any atom is -0.285 e. The summed E-state index contributed by atoms with van der Waals surface area (Å²) in [5.74, 6) is 0. The number of halogens is 1. The largest absolute Gasteiger partial charge is 0.285 e. The number of aliphatic imine (C=N–C) groups is 1. The summed E-state index contributed by atoms with van der Waals surface area (Å²) in [6.45, 7) is 9.03. The van der Waals surface area contributed by atoms with Crippen molar-refractivity contribution in [1.29, 1.82) is 0 Å². The fraction of sp³-hybridized carbons (Fsp3) is 0.182. The average molecular weight is 179 g/mol. The molecule has 0 radical (unpaired) electrons. The Kier molecular flexibility index (Phi) is 6.42. The van der Waals surface area contributed by atoms with E-state index in [2.05, 4.69) is 18.2 Å². The van der Waals surface area contributed by atoms with Crippen molar-refractivity contribution in [2.75, 3.05) is 0 Å². The molecule has 1 nitrogen and oxygen atoms in total. The van der Waals surface area contributed by atoms with E-state index in [0.717, 1.165) is 5.57 Å². The Morgan fingerprint density at radius 1 is 1.46 bits per heavy atom. The van der Waals surface area contributed by atoms with E-state index >= 15 is 0 Å². The lowest BCUT2D eigenvalue weighted by atomic mass is 10.1. The van der Waals surface area contributed by atoms with E-state index in [0.29, 0.717) is 6.33 Å². The van der Waals surface area contributed by atoms with Gasteiger partial charge in [0.25, 0.3) is 0 Å². The van der Waals surface area contributed by atoms with Gasteiger partial charge in [-0.1, -0.05) is 31.4 Å². The van der Waals surface area contributed by atoms with Crippen LogP contribution in [0.25, 0.3) is 0 Å². The molecule has 0 aliphatic carbocycles. The molecular formula is C11H14FN. The van der Waals surface area contributed by atoms with Crippen molar-refractivity contribution >= 4 is 6.21 Å². The van der Waals surface area contributed by atoms with Gasteiger partial charge in [-0.05, 0) is 18.6 Å². The van der Waals surface area contributed by atoms with E-state index < -0.39 is 0 Å². The van der Waals surface area contributed by atoms with Crippen molar-refractivity contribution in [3.63, 3.8) is 0 Å². The molecule has 0 aromatic carbocycles. The van der Waals surface area contributed by atoms with E-state index in [1.165, 1.54) is 6.08 Å². The fourth-order valence-electron chi connectivity index (χ4n) is 0.801.